The fraction of sp³-hybridized carbons (Fsp3) is 0.190. The normalized spacial score (nSPS) is 16.7. The molecule has 2 aliphatic heterocycles. The van der Waals surface area contributed by atoms with E-state index in [1.54, 1.807) is 48.4 Å². The second-order valence-corrected chi connectivity index (χ2v) is 8.13. The topological polar surface area (TPSA) is 105 Å². The van der Waals surface area contributed by atoms with E-state index in [2.05, 4.69) is 15.5 Å². The van der Waals surface area contributed by atoms with Gasteiger partial charge in [-0.2, -0.15) is 0 Å². The maximum absolute atomic E-state index is 13.3. The highest BCUT2D eigenvalue weighted by Crippen LogP contribution is 2.44. The molecule has 3 aromatic rings. The monoisotopic (exact) mass is 435 g/mol. The van der Waals surface area contributed by atoms with E-state index in [1.165, 1.54) is 16.2 Å². The molecule has 3 heterocycles. The van der Waals surface area contributed by atoms with Crippen molar-refractivity contribution in [2.75, 3.05) is 23.9 Å². The molecular formula is C21H17N5O4S. The molecule has 1 aromatic heterocycles. The van der Waals surface area contributed by atoms with Crippen molar-refractivity contribution in [2.24, 2.45) is 0 Å². The summed E-state index contributed by atoms with van der Waals surface area (Å²) in [6.45, 7) is 0.0556. The molecule has 0 aliphatic carbocycles. The van der Waals surface area contributed by atoms with Crippen molar-refractivity contribution in [1.29, 1.82) is 0 Å². The SMILES string of the molecule is COCc1nnc(NC(=O)CN2C(=O)c3ccccc3N3C(=O)c4ccccc4[C@H]23)s1. The number of anilines is 2. The van der Waals surface area contributed by atoms with Crippen molar-refractivity contribution in [3.63, 3.8) is 0 Å². The van der Waals surface area contributed by atoms with Gasteiger partial charge in [-0.3, -0.25) is 24.6 Å². The minimum atomic E-state index is -0.685. The summed E-state index contributed by atoms with van der Waals surface area (Å²) < 4.78 is 5.01. The van der Waals surface area contributed by atoms with E-state index in [1.807, 2.05) is 12.1 Å². The molecule has 0 saturated heterocycles. The first-order chi connectivity index (χ1) is 15.1. The molecule has 0 unspecified atom stereocenters. The first-order valence-corrected chi connectivity index (χ1v) is 10.3. The number of nitrogens with one attached hydrogen (secondary N) is 1. The molecule has 0 bridgehead atoms. The third kappa shape index (κ3) is 3.16. The van der Waals surface area contributed by atoms with E-state index in [4.69, 9.17) is 4.74 Å². The third-order valence-electron chi connectivity index (χ3n) is 5.18. The second kappa shape index (κ2) is 7.56. The van der Waals surface area contributed by atoms with Gasteiger partial charge in [0.2, 0.25) is 11.0 Å². The molecule has 1 N–H and O–H groups in total. The number of fused-ring (bicyclic) bond motifs is 5. The van der Waals surface area contributed by atoms with Crippen LogP contribution in [0.25, 0.3) is 0 Å². The third-order valence-corrected chi connectivity index (χ3v) is 5.99. The fourth-order valence-electron chi connectivity index (χ4n) is 3.93. The number of para-hydroxylation sites is 1. The molecule has 0 radical (unpaired) electrons. The van der Waals surface area contributed by atoms with Gasteiger partial charge in [0, 0.05) is 18.2 Å². The number of nitrogens with zero attached hydrogens (tertiary/aromatic N) is 4. The van der Waals surface area contributed by atoms with E-state index >= 15 is 0 Å². The number of rotatable bonds is 5. The summed E-state index contributed by atoms with van der Waals surface area (Å²) in [5, 5.41) is 11.5. The molecule has 0 spiro atoms. The Morgan fingerprint density at radius 2 is 1.81 bits per heavy atom. The van der Waals surface area contributed by atoms with Crippen LogP contribution in [0, 0.1) is 0 Å². The Kier molecular flexibility index (Phi) is 4.72. The highest BCUT2D eigenvalue weighted by atomic mass is 32.1. The number of hydrogen-bond acceptors (Lipinski definition) is 7. The van der Waals surface area contributed by atoms with Crippen molar-refractivity contribution >= 4 is 39.9 Å². The van der Waals surface area contributed by atoms with Crippen LogP contribution in [0.15, 0.2) is 48.5 Å². The average Bonchev–Trinajstić information content (AvgIpc) is 3.34. The van der Waals surface area contributed by atoms with Crippen LogP contribution in [0.4, 0.5) is 10.8 Å². The quantitative estimate of drug-likeness (QED) is 0.660. The number of hydrogen-bond donors (Lipinski definition) is 1. The van der Waals surface area contributed by atoms with E-state index < -0.39 is 12.1 Å². The zero-order valence-corrected chi connectivity index (χ0v) is 17.3. The van der Waals surface area contributed by atoms with E-state index in [0.29, 0.717) is 39.1 Å². The molecule has 0 fully saturated rings. The fourth-order valence-corrected chi connectivity index (χ4v) is 4.66. The molecule has 9 nitrogen and oxygen atoms in total. The lowest BCUT2D eigenvalue weighted by molar-refractivity contribution is -0.117. The van der Waals surface area contributed by atoms with Crippen molar-refractivity contribution in [1.82, 2.24) is 15.1 Å². The highest BCUT2D eigenvalue weighted by Gasteiger charge is 2.48. The largest absolute Gasteiger partial charge is 0.377 e. The molecule has 5 rings (SSSR count). The van der Waals surface area contributed by atoms with Gasteiger partial charge in [0.15, 0.2) is 0 Å². The molecule has 2 aliphatic rings. The summed E-state index contributed by atoms with van der Waals surface area (Å²) in [5.41, 5.74) is 2.15. The van der Waals surface area contributed by atoms with Crippen LogP contribution in [-0.4, -0.2) is 46.5 Å². The minimum Gasteiger partial charge on any atom is -0.377 e. The molecule has 31 heavy (non-hydrogen) atoms. The van der Waals surface area contributed by atoms with Gasteiger partial charge in [0.05, 0.1) is 11.3 Å². The van der Waals surface area contributed by atoms with Crippen molar-refractivity contribution in [3.8, 4) is 0 Å². The number of ether oxygens (including phenoxy) is 1. The highest BCUT2D eigenvalue weighted by molar-refractivity contribution is 7.15. The van der Waals surface area contributed by atoms with Crippen LogP contribution >= 0.6 is 11.3 Å². The number of aromatic nitrogens is 2. The van der Waals surface area contributed by atoms with Crippen molar-refractivity contribution in [2.45, 2.75) is 12.8 Å². The van der Waals surface area contributed by atoms with Gasteiger partial charge in [-0.25, -0.2) is 0 Å². The standard InChI is InChI=1S/C21H17N5O4S/c1-30-11-17-23-24-21(31-17)22-16(27)10-25-18-12-6-2-3-7-13(12)20(29)26(18)15-9-5-4-8-14(15)19(25)28/h2-9,18H,10-11H2,1H3,(H,22,24,27)/t18-/m1/s1. The van der Waals surface area contributed by atoms with Crippen molar-refractivity contribution < 1.29 is 19.1 Å². The Morgan fingerprint density at radius 3 is 2.61 bits per heavy atom. The summed E-state index contributed by atoms with van der Waals surface area (Å²) in [5.74, 6) is -0.933. The molecule has 0 saturated carbocycles. The molecule has 1 atom stereocenters. The first-order valence-electron chi connectivity index (χ1n) is 9.52. The number of methoxy groups -OCH3 is 1. The van der Waals surface area contributed by atoms with Crippen LogP contribution in [0.1, 0.15) is 37.5 Å². The average molecular weight is 435 g/mol. The molecule has 10 heteroatoms. The van der Waals surface area contributed by atoms with Crippen LogP contribution in [-0.2, 0) is 16.1 Å². The van der Waals surface area contributed by atoms with Gasteiger partial charge in [-0.15, -0.1) is 10.2 Å². The maximum Gasteiger partial charge on any atom is 0.260 e. The first kappa shape index (κ1) is 19.3. The summed E-state index contributed by atoms with van der Waals surface area (Å²) in [7, 11) is 1.55. The summed E-state index contributed by atoms with van der Waals surface area (Å²) >= 11 is 1.20. The Morgan fingerprint density at radius 1 is 1.06 bits per heavy atom. The van der Waals surface area contributed by atoms with Gasteiger partial charge in [-0.05, 0) is 18.2 Å². The summed E-state index contributed by atoms with van der Waals surface area (Å²) in [6, 6.07) is 14.1. The Labute approximate surface area is 181 Å². The lowest BCUT2D eigenvalue weighted by Gasteiger charge is -2.40. The van der Waals surface area contributed by atoms with Crippen LogP contribution < -0.4 is 10.2 Å². The summed E-state index contributed by atoms with van der Waals surface area (Å²) in [4.78, 5) is 42.2. The van der Waals surface area contributed by atoms with Crippen LogP contribution in [0.2, 0.25) is 0 Å². The Balaban J connectivity index is 1.48. The van der Waals surface area contributed by atoms with E-state index in [0.717, 1.165) is 0 Å². The van der Waals surface area contributed by atoms with E-state index in [-0.39, 0.29) is 18.4 Å². The Bertz CT molecular complexity index is 1210. The number of amides is 3. The Hall–Kier alpha value is -3.63. The maximum atomic E-state index is 13.3. The minimum absolute atomic E-state index is 0.195. The molecule has 156 valence electrons. The predicted octanol–water partition coefficient (Wildman–Crippen LogP) is 2.44. The van der Waals surface area contributed by atoms with Gasteiger partial charge >= 0.3 is 0 Å². The van der Waals surface area contributed by atoms with Crippen molar-refractivity contribution in [3.05, 3.63) is 70.2 Å². The van der Waals surface area contributed by atoms with Gasteiger partial charge in [-0.1, -0.05) is 41.7 Å². The van der Waals surface area contributed by atoms with Crippen LogP contribution in [0.3, 0.4) is 0 Å². The molecule has 3 amide bonds. The number of benzene rings is 2. The number of carbonyl (C=O) groups excluding carboxylic acids is 3. The summed E-state index contributed by atoms with van der Waals surface area (Å²) in [6.07, 6.45) is -0.685. The van der Waals surface area contributed by atoms with Gasteiger partial charge in [0.1, 0.15) is 24.3 Å². The van der Waals surface area contributed by atoms with Crippen LogP contribution in [0.5, 0.6) is 0 Å². The molecule has 2 aromatic carbocycles. The smallest absolute Gasteiger partial charge is 0.260 e. The zero-order valence-electron chi connectivity index (χ0n) is 16.4. The predicted molar refractivity (Wildman–Crippen MR) is 113 cm³/mol. The lowest BCUT2D eigenvalue weighted by atomic mass is 10.0. The zero-order chi connectivity index (χ0) is 21.5. The van der Waals surface area contributed by atoms with Gasteiger partial charge in [0.25, 0.3) is 11.8 Å². The lowest BCUT2D eigenvalue weighted by Crippen LogP contribution is -2.50. The van der Waals surface area contributed by atoms with Gasteiger partial charge < -0.3 is 9.64 Å². The second-order valence-electron chi connectivity index (χ2n) is 7.07. The number of carbonyl (C=O) groups is 3. The van der Waals surface area contributed by atoms with E-state index in [9.17, 15) is 14.4 Å². The molecular weight excluding hydrogens is 418 g/mol.